The standard InChI is InChI=1S/C27H41N3O3/c1-26(2,28)25(33)29-22(13-12-19-8-4-3-5-9-19)24(32)30-16-14-27(15-17-30)18-23(31)20-10-6-7-11-21(20)27/h6-7,10-11,19,22-23,31H,3-5,8-9,12-18,28H2,1-2H3,(H,29,33)/t22?,23-/m1/s1. The van der Waals surface area contributed by atoms with E-state index in [0.717, 1.165) is 31.2 Å². The van der Waals surface area contributed by atoms with Crippen molar-refractivity contribution in [3.8, 4) is 0 Å². The second-order valence-electron chi connectivity index (χ2n) is 11.2. The molecule has 2 aliphatic carbocycles. The van der Waals surface area contributed by atoms with Gasteiger partial charge >= 0.3 is 0 Å². The van der Waals surface area contributed by atoms with E-state index >= 15 is 0 Å². The molecule has 6 heteroatoms. The van der Waals surface area contributed by atoms with Gasteiger partial charge in [-0.1, -0.05) is 56.4 Å². The van der Waals surface area contributed by atoms with Crippen molar-refractivity contribution < 1.29 is 14.7 Å². The van der Waals surface area contributed by atoms with Crippen LogP contribution in [0.4, 0.5) is 0 Å². The number of carbonyl (C=O) groups is 2. The lowest BCUT2D eigenvalue weighted by molar-refractivity contribution is -0.139. The van der Waals surface area contributed by atoms with Crippen LogP contribution in [-0.2, 0) is 15.0 Å². The van der Waals surface area contributed by atoms with E-state index in [9.17, 15) is 14.7 Å². The molecule has 0 bridgehead atoms. The van der Waals surface area contributed by atoms with Gasteiger partial charge < -0.3 is 21.1 Å². The van der Waals surface area contributed by atoms with Crippen LogP contribution in [-0.4, -0.2) is 46.5 Å². The molecule has 4 rings (SSSR count). The molecule has 2 amide bonds. The molecular formula is C27H41N3O3. The summed E-state index contributed by atoms with van der Waals surface area (Å²) in [7, 11) is 0. The molecular weight excluding hydrogens is 414 g/mol. The zero-order valence-corrected chi connectivity index (χ0v) is 20.3. The quantitative estimate of drug-likeness (QED) is 0.611. The fraction of sp³-hybridized carbons (Fsp3) is 0.704. The lowest BCUT2D eigenvalue weighted by Gasteiger charge is -2.41. The summed E-state index contributed by atoms with van der Waals surface area (Å²) in [5, 5.41) is 13.6. The molecule has 1 spiro atoms. The lowest BCUT2D eigenvalue weighted by atomic mass is 9.73. The Kier molecular flexibility index (Phi) is 7.15. The highest BCUT2D eigenvalue weighted by molar-refractivity contribution is 5.91. The fourth-order valence-electron chi connectivity index (χ4n) is 6.19. The largest absolute Gasteiger partial charge is 0.388 e. The van der Waals surface area contributed by atoms with Crippen molar-refractivity contribution >= 4 is 11.8 Å². The number of nitrogens with two attached hydrogens (primary N) is 1. The van der Waals surface area contributed by atoms with Crippen LogP contribution in [0, 0.1) is 5.92 Å². The predicted molar refractivity (Wildman–Crippen MR) is 130 cm³/mol. The SMILES string of the molecule is CC(C)(N)C(=O)NC(CCC1CCCCC1)C(=O)N1CCC2(CC1)C[C@@H](O)c1ccccc12. The first-order chi connectivity index (χ1) is 15.7. The van der Waals surface area contributed by atoms with Crippen LogP contribution in [0.5, 0.6) is 0 Å². The number of aliphatic hydroxyl groups excluding tert-OH is 1. The van der Waals surface area contributed by atoms with E-state index in [1.54, 1.807) is 13.8 Å². The summed E-state index contributed by atoms with van der Waals surface area (Å²) in [6.45, 7) is 4.67. The summed E-state index contributed by atoms with van der Waals surface area (Å²) in [5.41, 5.74) is 7.25. The number of nitrogens with one attached hydrogen (secondary N) is 1. The van der Waals surface area contributed by atoms with Gasteiger partial charge in [-0.25, -0.2) is 0 Å². The zero-order valence-electron chi connectivity index (χ0n) is 20.3. The molecule has 6 nitrogen and oxygen atoms in total. The van der Waals surface area contributed by atoms with E-state index in [1.807, 2.05) is 23.1 Å². The van der Waals surface area contributed by atoms with Crippen molar-refractivity contribution in [1.29, 1.82) is 0 Å². The number of piperidine rings is 1. The summed E-state index contributed by atoms with van der Waals surface area (Å²) < 4.78 is 0. The van der Waals surface area contributed by atoms with Crippen molar-refractivity contribution in [2.45, 2.75) is 101 Å². The average Bonchev–Trinajstić information content (AvgIpc) is 3.08. The van der Waals surface area contributed by atoms with E-state index in [0.29, 0.717) is 25.4 Å². The van der Waals surface area contributed by atoms with Crippen LogP contribution in [0.2, 0.25) is 0 Å². The van der Waals surface area contributed by atoms with E-state index in [2.05, 4.69) is 11.4 Å². The van der Waals surface area contributed by atoms with E-state index < -0.39 is 17.7 Å². The number of benzene rings is 1. The number of carbonyl (C=O) groups excluding carboxylic acids is 2. The second kappa shape index (κ2) is 9.75. The zero-order chi connectivity index (χ0) is 23.6. The minimum atomic E-state index is -1.01. The Balaban J connectivity index is 1.42. The highest BCUT2D eigenvalue weighted by Crippen LogP contribution is 2.50. The van der Waals surface area contributed by atoms with Crippen LogP contribution in [0.25, 0.3) is 0 Å². The normalized spacial score (nSPS) is 23.9. The number of hydrogen-bond acceptors (Lipinski definition) is 4. The Morgan fingerprint density at radius 3 is 2.52 bits per heavy atom. The van der Waals surface area contributed by atoms with Crippen LogP contribution >= 0.6 is 0 Å². The maximum atomic E-state index is 13.6. The molecule has 0 aromatic heterocycles. The molecule has 1 aromatic rings. The van der Waals surface area contributed by atoms with Crippen molar-refractivity contribution in [1.82, 2.24) is 10.2 Å². The molecule has 1 aliphatic heterocycles. The van der Waals surface area contributed by atoms with E-state index in [1.165, 1.54) is 37.7 Å². The Hall–Kier alpha value is -1.92. The van der Waals surface area contributed by atoms with Gasteiger partial charge in [0.1, 0.15) is 6.04 Å². The average molecular weight is 456 g/mol. The Morgan fingerprint density at radius 1 is 1.18 bits per heavy atom. The van der Waals surface area contributed by atoms with Gasteiger partial charge in [-0.2, -0.15) is 0 Å². The van der Waals surface area contributed by atoms with Gasteiger partial charge in [0.25, 0.3) is 0 Å². The van der Waals surface area contributed by atoms with Crippen molar-refractivity contribution in [2.75, 3.05) is 13.1 Å². The second-order valence-corrected chi connectivity index (χ2v) is 11.2. The number of amides is 2. The molecule has 1 aromatic carbocycles. The molecule has 1 unspecified atom stereocenters. The maximum Gasteiger partial charge on any atom is 0.245 e. The highest BCUT2D eigenvalue weighted by atomic mass is 16.3. The molecule has 2 atom stereocenters. The number of hydrogen-bond donors (Lipinski definition) is 3. The third-order valence-corrected chi connectivity index (χ3v) is 8.28. The first-order valence-electron chi connectivity index (χ1n) is 12.9. The number of nitrogens with zero attached hydrogens (tertiary/aromatic N) is 1. The van der Waals surface area contributed by atoms with Gasteiger partial charge in [0.2, 0.25) is 11.8 Å². The first-order valence-corrected chi connectivity index (χ1v) is 12.9. The van der Waals surface area contributed by atoms with Crippen molar-refractivity contribution in [2.24, 2.45) is 11.7 Å². The molecule has 3 aliphatic rings. The van der Waals surface area contributed by atoms with Gasteiger partial charge in [-0.05, 0) is 63.0 Å². The predicted octanol–water partition coefficient (Wildman–Crippen LogP) is 3.57. The first kappa shape index (κ1) is 24.2. The van der Waals surface area contributed by atoms with Crippen LogP contribution in [0.3, 0.4) is 0 Å². The molecule has 1 heterocycles. The van der Waals surface area contributed by atoms with Crippen LogP contribution in [0.1, 0.15) is 95.3 Å². The molecule has 1 saturated carbocycles. The molecule has 0 radical (unpaired) electrons. The van der Waals surface area contributed by atoms with Gasteiger partial charge in [0, 0.05) is 18.5 Å². The molecule has 182 valence electrons. The van der Waals surface area contributed by atoms with Crippen molar-refractivity contribution in [3.05, 3.63) is 35.4 Å². The summed E-state index contributed by atoms with van der Waals surface area (Å²) in [4.78, 5) is 28.1. The summed E-state index contributed by atoms with van der Waals surface area (Å²) >= 11 is 0. The third-order valence-electron chi connectivity index (χ3n) is 8.28. The lowest BCUT2D eigenvalue weighted by Crippen LogP contribution is -2.57. The summed E-state index contributed by atoms with van der Waals surface area (Å²) in [5.74, 6) is 0.397. The topological polar surface area (TPSA) is 95.7 Å². The monoisotopic (exact) mass is 455 g/mol. The molecule has 1 saturated heterocycles. The molecule has 33 heavy (non-hydrogen) atoms. The van der Waals surface area contributed by atoms with Crippen LogP contribution in [0.15, 0.2) is 24.3 Å². The van der Waals surface area contributed by atoms with Gasteiger partial charge in [-0.15, -0.1) is 0 Å². The van der Waals surface area contributed by atoms with Crippen LogP contribution < -0.4 is 11.1 Å². The summed E-state index contributed by atoms with van der Waals surface area (Å²) in [6.07, 6.45) is 9.96. The number of rotatable bonds is 6. The molecule has 2 fully saturated rings. The minimum Gasteiger partial charge on any atom is -0.388 e. The Morgan fingerprint density at radius 2 is 1.85 bits per heavy atom. The maximum absolute atomic E-state index is 13.6. The Labute approximate surface area is 198 Å². The number of fused-ring (bicyclic) bond motifs is 2. The van der Waals surface area contributed by atoms with Gasteiger partial charge in [-0.3, -0.25) is 9.59 Å². The van der Waals surface area contributed by atoms with Gasteiger partial charge in [0.05, 0.1) is 11.6 Å². The van der Waals surface area contributed by atoms with E-state index in [4.69, 9.17) is 5.73 Å². The smallest absolute Gasteiger partial charge is 0.245 e. The molecule has 4 N–H and O–H groups in total. The highest BCUT2D eigenvalue weighted by Gasteiger charge is 2.46. The van der Waals surface area contributed by atoms with Crippen molar-refractivity contribution in [3.63, 3.8) is 0 Å². The third kappa shape index (κ3) is 5.27. The fourth-order valence-corrected chi connectivity index (χ4v) is 6.19. The van der Waals surface area contributed by atoms with E-state index in [-0.39, 0.29) is 17.2 Å². The number of likely N-dealkylation sites (tertiary alicyclic amines) is 1. The minimum absolute atomic E-state index is 0.0186. The Bertz CT molecular complexity index is 848. The number of aliphatic hydroxyl groups is 1. The summed E-state index contributed by atoms with van der Waals surface area (Å²) in [6, 6.07) is 7.68. The van der Waals surface area contributed by atoms with Gasteiger partial charge in [0.15, 0.2) is 0 Å².